The zero-order chi connectivity index (χ0) is 26.0. The number of rotatable bonds is 12. The van der Waals surface area contributed by atoms with Gasteiger partial charge in [0.2, 0.25) is 5.89 Å². The Balaban J connectivity index is 1.37. The summed E-state index contributed by atoms with van der Waals surface area (Å²) in [6.07, 6.45) is 1.61. The number of aliphatic carboxylic acids is 1. The number of aryl methyl sites for hydroxylation is 2. The molecule has 1 aromatic heterocycles. The van der Waals surface area contributed by atoms with Crippen LogP contribution in [0.4, 0.5) is 0 Å². The molecular formula is C30H30N2O5. The third kappa shape index (κ3) is 7.30. The average molecular weight is 499 g/mol. The van der Waals surface area contributed by atoms with Crippen molar-refractivity contribution in [1.82, 2.24) is 10.3 Å². The minimum absolute atomic E-state index is 0.0404. The van der Waals surface area contributed by atoms with Crippen LogP contribution in [0.25, 0.3) is 11.5 Å². The van der Waals surface area contributed by atoms with Crippen molar-refractivity contribution in [2.45, 2.75) is 32.6 Å². The second kappa shape index (κ2) is 12.5. The quantitative estimate of drug-likeness (QED) is 0.276. The largest absolute Gasteiger partial charge is 0.493 e. The summed E-state index contributed by atoms with van der Waals surface area (Å²) in [4.78, 5) is 28.1. The van der Waals surface area contributed by atoms with E-state index in [4.69, 9.17) is 14.3 Å². The molecule has 0 saturated carbocycles. The van der Waals surface area contributed by atoms with Gasteiger partial charge in [-0.3, -0.25) is 9.59 Å². The van der Waals surface area contributed by atoms with E-state index >= 15 is 0 Å². The summed E-state index contributed by atoms with van der Waals surface area (Å²) in [5, 5.41) is 12.1. The van der Waals surface area contributed by atoms with Crippen molar-refractivity contribution in [3.63, 3.8) is 0 Å². The van der Waals surface area contributed by atoms with Crippen molar-refractivity contribution in [2.75, 3.05) is 13.2 Å². The van der Waals surface area contributed by atoms with Crippen LogP contribution in [0.2, 0.25) is 0 Å². The van der Waals surface area contributed by atoms with Crippen molar-refractivity contribution in [1.29, 1.82) is 0 Å². The molecule has 4 aromatic rings. The molecule has 7 heteroatoms. The second-order valence-electron chi connectivity index (χ2n) is 8.68. The first-order valence-electron chi connectivity index (χ1n) is 12.3. The van der Waals surface area contributed by atoms with Gasteiger partial charge in [0, 0.05) is 30.5 Å². The molecule has 3 aromatic carbocycles. The Labute approximate surface area is 216 Å². The maximum atomic E-state index is 12.4. The maximum Gasteiger partial charge on any atom is 0.303 e. The van der Waals surface area contributed by atoms with E-state index < -0.39 is 5.97 Å². The third-order valence-electron chi connectivity index (χ3n) is 6.02. The lowest BCUT2D eigenvalue weighted by Gasteiger charge is -2.13. The highest BCUT2D eigenvalue weighted by Crippen LogP contribution is 2.23. The Morgan fingerprint density at radius 2 is 1.65 bits per heavy atom. The molecule has 0 unspecified atom stereocenters. The fourth-order valence-electron chi connectivity index (χ4n) is 4.04. The molecule has 2 N–H and O–H groups in total. The van der Waals surface area contributed by atoms with Gasteiger partial charge < -0.3 is 19.6 Å². The van der Waals surface area contributed by atoms with Crippen molar-refractivity contribution < 1.29 is 23.8 Å². The molecule has 7 nitrogen and oxygen atoms in total. The van der Waals surface area contributed by atoms with E-state index in [1.54, 1.807) is 12.1 Å². The Hall–Kier alpha value is -4.39. The number of benzene rings is 3. The van der Waals surface area contributed by atoms with Crippen LogP contribution in [-0.4, -0.2) is 35.1 Å². The Morgan fingerprint density at radius 1 is 0.919 bits per heavy atom. The van der Waals surface area contributed by atoms with Gasteiger partial charge in [-0.25, -0.2) is 4.98 Å². The van der Waals surface area contributed by atoms with Crippen molar-refractivity contribution in [3.05, 3.63) is 107 Å². The van der Waals surface area contributed by atoms with E-state index in [2.05, 4.69) is 10.3 Å². The van der Waals surface area contributed by atoms with E-state index in [9.17, 15) is 9.59 Å². The van der Waals surface area contributed by atoms with Gasteiger partial charge in [0.25, 0.3) is 5.91 Å². The molecule has 0 radical (unpaired) electrons. The first-order chi connectivity index (χ1) is 18.0. The zero-order valence-corrected chi connectivity index (χ0v) is 20.8. The summed E-state index contributed by atoms with van der Waals surface area (Å²) < 4.78 is 11.8. The predicted molar refractivity (Wildman–Crippen MR) is 141 cm³/mol. The molecule has 190 valence electrons. The van der Waals surface area contributed by atoms with E-state index in [0.717, 1.165) is 28.1 Å². The number of nitrogens with one attached hydrogen (secondary N) is 1. The average Bonchev–Trinajstić information content (AvgIpc) is 3.29. The molecule has 1 amide bonds. The number of aromatic nitrogens is 1. The van der Waals surface area contributed by atoms with Crippen molar-refractivity contribution in [2.24, 2.45) is 0 Å². The molecular weight excluding hydrogens is 468 g/mol. The van der Waals surface area contributed by atoms with Gasteiger partial charge in [0.05, 0.1) is 12.3 Å². The van der Waals surface area contributed by atoms with Crippen LogP contribution in [-0.2, 0) is 24.1 Å². The van der Waals surface area contributed by atoms with Crippen LogP contribution < -0.4 is 10.1 Å². The molecule has 0 aliphatic rings. The minimum Gasteiger partial charge on any atom is -0.493 e. The highest BCUT2D eigenvalue weighted by molar-refractivity contribution is 5.94. The number of amides is 1. The summed E-state index contributed by atoms with van der Waals surface area (Å²) in [6.45, 7) is 2.74. The number of hydrogen-bond acceptors (Lipinski definition) is 5. The molecule has 0 aliphatic heterocycles. The lowest BCUT2D eigenvalue weighted by Crippen LogP contribution is -2.25. The Kier molecular flexibility index (Phi) is 8.70. The normalized spacial score (nSPS) is 10.7. The zero-order valence-electron chi connectivity index (χ0n) is 20.8. The number of nitrogens with zero attached hydrogens (tertiary/aromatic N) is 1. The number of oxazole rings is 1. The molecule has 0 atom stereocenters. The number of carbonyl (C=O) groups is 2. The van der Waals surface area contributed by atoms with Crippen LogP contribution >= 0.6 is 0 Å². The maximum absolute atomic E-state index is 12.4. The number of carbonyl (C=O) groups excluding carboxylic acids is 1. The van der Waals surface area contributed by atoms with Gasteiger partial charge >= 0.3 is 5.97 Å². The molecule has 37 heavy (non-hydrogen) atoms. The molecule has 0 aliphatic carbocycles. The highest BCUT2D eigenvalue weighted by atomic mass is 16.5. The molecule has 0 spiro atoms. The van der Waals surface area contributed by atoms with Gasteiger partial charge in [0.1, 0.15) is 11.5 Å². The van der Waals surface area contributed by atoms with Gasteiger partial charge in [-0.05, 0) is 67.3 Å². The predicted octanol–water partition coefficient (Wildman–Crippen LogP) is 5.26. The minimum atomic E-state index is -0.846. The van der Waals surface area contributed by atoms with Crippen LogP contribution in [0, 0.1) is 6.92 Å². The number of carboxylic acid groups (broad SMARTS) is 1. The first-order valence-corrected chi connectivity index (χ1v) is 12.3. The second-order valence-corrected chi connectivity index (χ2v) is 8.68. The van der Waals surface area contributed by atoms with E-state index in [-0.39, 0.29) is 12.3 Å². The van der Waals surface area contributed by atoms with Gasteiger partial charge in [-0.15, -0.1) is 0 Å². The van der Waals surface area contributed by atoms with Crippen LogP contribution in [0.5, 0.6) is 5.75 Å². The molecule has 0 bridgehead atoms. The molecule has 1 heterocycles. The Bertz CT molecular complexity index is 1330. The van der Waals surface area contributed by atoms with E-state index in [0.29, 0.717) is 49.6 Å². The number of carboxylic acids is 1. The van der Waals surface area contributed by atoms with Crippen molar-refractivity contribution in [3.8, 4) is 17.2 Å². The first kappa shape index (κ1) is 25.7. The fourth-order valence-corrected chi connectivity index (χ4v) is 4.04. The summed E-state index contributed by atoms with van der Waals surface area (Å²) in [5.41, 5.74) is 4.27. The smallest absolute Gasteiger partial charge is 0.303 e. The van der Waals surface area contributed by atoms with Crippen LogP contribution in [0.15, 0.2) is 83.3 Å². The van der Waals surface area contributed by atoms with Gasteiger partial charge in [-0.1, -0.05) is 42.5 Å². The monoisotopic (exact) mass is 498 g/mol. The summed E-state index contributed by atoms with van der Waals surface area (Å²) in [5.74, 6) is 1.06. The lowest BCUT2D eigenvalue weighted by molar-refractivity contribution is -0.136. The summed E-state index contributed by atoms with van der Waals surface area (Å²) in [6, 6.07) is 24.5. The molecule has 0 fully saturated rings. The van der Waals surface area contributed by atoms with Gasteiger partial charge in [0.15, 0.2) is 0 Å². The topological polar surface area (TPSA) is 102 Å². The van der Waals surface area contributed by atoms with E-state index in [1.165, 1.54) is 0 Å². The van der Waals surface area contributed by atoms with Crippen LogP contribution in [0.3, 0.4) is 0 Å². The van der Waals surface area contributed by atoms with Crippen molar-refractivity contribution >= 4 is 11.9 Å². The Morgan fingerprint density at radius 3 is 2.38 bits per heavy atom. The molecule has 0 saturated heterocycles. The highest BCUT2D eigenvalue weighted by Gasteiger charge is 2.13. The summed E-state index contributed by atoms with van der Waals surface area (Å²) in [7, 11) is 0. The van der Waals surface area contributed by atoms with Crippen LogP contribution in [0.1, 0.15) is 39.4 Å². The standard InChI is InChI=1S/C30H30N2O5/c1-21-27(32-30(37-21)24-10-6-3-7-11-24)17-19-36-26-14-12-22(13-15-28(33)34)25(20-26)16-18-31-29(35)23-8-4-2-5-9-23/h2-12,14,20H,13,15-19H2,1H3,(H,31,35)(H,33,34). The summed E-state index contributed by atoms with van der Waals surface area (Å²) >= 11 is 0. The fraction of sp³-hybridized carbons (Fsp3) is 0.233. The molecule has 4 rings (SSSR count). The number of hydrogen-bond donors (Lipinski definition) is 2. The lowest BCUT2D eigenvalue weighted by atomic mass is 10.00. The third-order valence-corrected chi connectivity index (χ3v) is 6.02. The number of ether oxygens (including phenoxy) is 1. The SMILES string of the molecule is Cc1oc(-c2ccccc2)nc1CCOc1ccc(CCC(=O)O)c(CCNC(=O)c2ccccc2)c1. The van der Waals surface area contributed by atoms with E-state index in [1.807, 2.05) is 73.7 Å². The van der Waals surface area contributed by atoms with Gasteiger partial charge in [-0.2, -0.15) is 0 Å².